The van der Waals surface area contributed by atoms with Crippen molar-refractivity contribution in [2.75, 3.05) is 13.1 Å². The third-order valence-electron chi connectivity index (χ3n) is 5.68. The predicted molar refractivity (Wildman–Crippen MR) is 137 cm³/mol. The molecular weight excluding hydrogens is 500 g/mol. The Bertz CT molecular complexity index is 1370. The van der Waals surface area contributed by atoms with Gasteiger partial charge in [-0.15, -0.1) is 0 Å². The highest BCUT2D eigenvalue weighted by atomic mass is 35.5. The summed E-state index contributed by atoms with van der Waals surface area (Å²) < 4.78 is 39.3. The van der Waals surface area contributed by atoms with E-state index in [1.54, 1.807) is 17.0 Å². The van der Waals surface area contributed by atoms with Crippen molar-refractivity contribution in [1.82, 2.24) is 9.21 Å². The van der Waals surface area contributed by atoms with Crippen LogP contribution in [0.5, 0.6) is 0 Å². The maximum Gasteiger partial charge on any atom is 0.243 e. The number of aryl methyl sites for hydroxylation is 1. The molecule has 0 spiro atoms. The molecule has 4 rings (SSSR count). The highest BCUT2D eigenvalue weighted by molar-refractivity contribution is 7.89. The molecule has 0 fully saturated rings. The molecule has 7 nitrogen and oxygen atoms in total. The van der Waals surface area contributed by atoms with Crippen LogP contribution in [0.4, 0.5) is 0 Å². The lowest BCUT2D eigenvalue weighted by Gasteiger charge is -2.26. The molecule has 0 radical (unpaired) electrons. The van der Waals surface area contributed by atoms with Gasteiger partial charge in [-0.05, 0) is 67.4 Å². The fraction of sp³-hybridized carbons (Fsp3) is 0.222. The van der Waals surface area contributed by atoms with Crippen molar-refractivity contribution in [2.24, 2.45) is 0 Å². The number of halogens is 1. The second-order valence-corrected chi connectivity index (χ2v) is 10.7. The van der Waals surface area contributed by atoms with E-state index in [9.17, 15) is 13.2 Å². The topological polar surface area (TPSA) is 84.0 Å². The molecule has 0 aliphatic carbocycles. The second kappa shape index (κ2) is 11.6. The third-order valence-corrected chi connectivity index (χ3v) is 7.74. The van der Waals surface area contributed by atoms with E-state index in [0.717, 1.165) is 15.6 Å². The van der Waals surface area contributed by atoms with Crippen LogP contribution < -0.4 is 0 Å². The Morgan fingerprint density at radius 1 is 0.889 bits per heavy atom. The molecule has 0 saturated heterocycles. The zero-order chi connectivity index (χ0) is 25.5. The number of hydrogen-bond donors (Lipinski definition) is 0. The maximum absolute atomic E-state index is 13.6. The Morgan fingerprint density at radius 3 is 2.28 bits per heavy atom. The van der Waals surface area contributed by atoms with Gasteiger partial charge in [-0.3, -0.25) is 4.79 Å². The van der Waals surface area contributed by atoms with E-state index in [0.29, 0.717) is 29.5 Å². The summed E-state index contributed by atoms with van der Waals surface area (Å²) in [5, 5.41) is 0.420. The lowest BCUT2D eigenvalue weighted by molar-refractivity contribution is -0.132. The molecule has 0 aliphatic heterocycles. The van der Waals surface area contributed by atoms with E-state index in [-0.39, 0.29) is 30.4 Å². The number of amides is 1. The van der Waals surface area contributed by atoms with Crippen molar-refractivity contribution in [2.45, 2.75) is 31.3 Å². The van der Waals surface area contributed by atoms with Crippen LogP contribution in [0.1, 0.15) is 22.8 Å². The molecule has 2 aromatic carbocycles. The van der Waals surface area contributed by atoms with Crippen LogP contribution >= 0.6 is 11.6 Å². The molecule has 36 heavy (non-hydrogen) atoms. The van der Waals surface area contributed by atoms with Crippen molar-refractivity contribution < 1.29 is 22.0 Å². The second-order valence-electron chi connectivity index (χ2n) is 8.37. The minimum atomic E-state index is -4.01. The first-order valence-corrected chi connectivity index (χ1v) is 13.3. The molecule has 188 valence electrons. The predicted octanol–water partition coefficient (Wildman–Crippen LogP) is 5.30. The summed E-state index contributed by atoms with van der Waals surface area (Å²) >= 11 is 5.95. The van der Waals surface area contributed by atoms with Crippen LogP contribution in [0.2, 0.25) is 5.02 Å². The van der Waals surface area contributed by atoms with Crippen LogP contribution in [0, 0.1) is 6.92 Å². The first kappa shape index (κ1) is 25.8. The monoisotopic (exact) mass is 526 g/mol. The molecule has 0 atom stereocenters. The van der Waals surface area contributed by atoms with Crippen molar-refractivity contribution in [3.8, 4) is 0 Å². The summed E-state index contributed by atoms with van der Waals surface area (Å²) in [5.74, 6) is 1.46. The van der Waals surface area contributed by atoms with E-state index in [1.165, 1.54) is 30.5 Å². The molecule has 2 heterocycles. The highest BCUT2D eigenvalue weighted by Crippen LogP contribution is 2.21. The fourth-order valence-electron chi connectivity index (χ4n) is 3.77. The Hall–Kier alpha value is -3.33. The summed E-state index contributed by atoms with van der Waals surface area (Å²) in [5.41, 5.74) is 1.08. The van der Waals surface area contributed by atoms with Gasteiger partial charge in [0.2, 0.25) is 15.9 Å². The highest BCUT2D eigenvalue weighted by Gasteiger charge is 2.30. The van der Waals surface area contributed by atoms with Gasteiger partial charge in [-0.25, -0.2) is 8.42 Å². The van der Waals surface area contributed by atoms with E-state index in [1.807, 2.05) is 49.4 Å². The van der Waals surface area contributed by atoms with Crippen LogP contribution in [-0.2, 0) is 34.3 Å². The smallest absolute Gasteiger partial charge is 0.243 e. The summed E-state index contributed by atoms with van der Waals surface area (Å²) in [6.07, 6.45) is 2.09. The molecule has 4 aromatic rings. The van der Waals surface area contributed by atoms with Crippen LogP contribution in [0.25, 0.3) is 0 Å². The number of hydrogen-bond acceptors (Lipinski definition) is 5. The first-order chi connectivity index (χ1) is 17.3. The van der Waals surface area contributed by atoms with Gasteiger partial charge in [-0.2, -0.15) is 4.31 Å². The summed E-state index contributed by atoms with van der Waals surface area (Å²) in [6, 6.07) is 22.7. The zero-order valence-electron chi connectivity index (χ0n) is 19.8. The number of rotatable bonds is 11. The number of carbonyl (C=O) groups excluding carboxylic acids is 1. The number of furan rings is 2. The van der Waals surface area contributed by atoms with Gasteiger partial charge in [0.05, 0.1) is 30.8 Å². The lowest BCUT2D eigenvalue weighted by atomic mass is 10.1. The largest absolute Gasteiger partial charge is 0.468 e. The van der Waals surface area contributed by atoms with Crippen LogP contribution in [0.15, 0.2) is 98.9 Å². The molecule has 9 heteroatoms. The number of sulfonamides is 1. The third kappa shape index (κ3) is 6.66. The van der Waals surface area contributed by atoms with E-state index >= 15 is 0 Å². The van der Waals surface area contributed by atoms with Crippen molar-refractivity contribution in [1.29, 1.82) is 0 Å². The van der Waals surface area contributed by atoms with E-state index in [2.05, 4.69) is 0 Å². The molecule has 0 unspecified atom stereocenters. The molecule has 2 aromatic heterocycles. The molecular formula is C27H27ClN2O5S. The number of nitrogens with zero attached hydrogens (tertiary/aromatic N) is 2. The average Bonchev–Trinajstić information content (AvgIpc) is 3.53. The lowest BCUT2D eigenvalue weighted by Crippen LogP contribution is -2.43. The summed E-state index contributed by atoms with van der Waals surface area (Å²) in [6.45, 7) is 2.02. The fourth-order valence-corrected chi connectivity index (χ4v) is 5.25. The maximum atomic E-state index is 13.6. The van der Waals surface area contributed by atoms with Gasteiger partial charge in [0.1, 0.15) is 17.3 Å². The Balaban J connectivity index is 1.59. The zero-order valence-corrected chi connectivity index (χ0v) is 21.4. The van der Waals surface area contributed by atoms with Gasteiger partial charge in [0, 0.05) is 11.6 Å². The Morgan fingerprint density at radius 2 is 1.64 bits per heavy atom. The Labute approximate surface area is 215 Å². The van der Waals surface area contributed by atoms with Crippen LogP contribution in [0.3, 0.4) is 0 Å². The molecule has 0 aliphatic rings. The summed E-state index contributed by atoms with van der Waals surface area (Å²) in [4.78, 5) is 15.2. The molecule has 1 amide bonds. The number of carbonyl (C=O) groups is 1. The van der Waals surface area contributed by atoms with E-state index in [4.69, 9.17) is 20.4 Å². The van der Waals surface area contributed by atoms with Crippen molar-refractivity contribution in [3.63, 3.8) is 0 Å². The average molecular weight is 527 g/mol. The van der Waals surface area contributed by atoms with Gasteiger partial charge in [0.15, 0.2) is 0 Å². The molecule has 0 N–H and O–H groups in total. The minimum Gasteiger partial charge on any atom is -0.468 e. The first-order valence-electron chi connectivity index (χ1n) is 11.5. The van der Waals surface area contributed by atoms with Gasteiger partial charge < -0.3 is 13.7 Å². The van der Waals surface area contributed by atoms with Gasteiger partial charge in [-0.1, -0.05) is 41.9 Å². The minimum absolute atomic E-state index is 0.0451. The van der Waals surface area contributed by atoms with E-state index < -0.39 is 10.0 Å². The Kier molecular flexibility index (Phi) is 8.30. The summed E-state index contributed by atoms with van der Waals surface area (Å²) in [7, 11) is -4.01. The van der Waals surface area contributed by atoms with Crippen LogP contribution in [-0.4, -0.2) is 36.6 Å². The normalized spacial score (nSPS) is 11.6. The quantitative estimate of drug-likeness (QED) is 0.265. The number of benzene rings is 2. The SMILES string of the molecule is Cc1ccc(CN(CCc2ccccc2)C(=O)CN(Cc2ccco2)S(=O)(=O)c2ccc(Cl)cc2)o1. The van der Waals surface area contributed by atoms with Crippen molar-refractivity contribution >= 4 is 27.5 Å². The molecule has 0 saturated carbocycles. The standard InChI is InChI=1S/C27H27ClN2O5S/c1-21-9-12-25(35-21)18-29(16-15-22-6-3-2-4-7-22)27(31)20-30(19-24-8-5-17-34-24)36(32,33)26-13-10-23(28)11-14-26/h2-14,17H,15-16,18-20H2,1H3. The molecule has 0 bridgehead atoms. The van der Waals surface area contributed by atoms with Gasteiger partial charge >= 0.3 is 0 Å². The van der Waals surface area contributed by atoms with Crippen molar-refractivity contribution in [3.05, 3.63) is 113 Å². The van der Waals surface area contributed by atoms with Gasteiger partial charge in [0.25, 0.3) is 0 Å².